The molecule has 0 aromatic heterocycles. The maximum absolute atomic E-state index is 12.4. The number of halogens is 2. The van der Waals surface area contributed by atoms with E-state index in [1.165, 1.54) is 0 Å². The predicted octanol–water partition coefficient (Wildman–Crippen LogP) is 2.42. The minimum absolute atomic E-state index is 0. The van der Waals surface area contributed by atoms with Crippen LogP contribution in [0.2, 0.25) is 5.02 Å². The first-order valence-electron chi connectivity index (χ1n) is 7.97. The molecule has 0 unspecified atom stereocenters. The second-order valence-electron chi connectivity index (χ2n) is 6.36. The maximum atomic E-state index is 12.4. The van der Waals surface area contributed by atoms with E-state index in [1.54, 1.807) is 34.1 Å². The van der Waals surface area contributed by atoms with E-state index in [0.717, 1.165) is 0 Å². The Morgan fingerprint density at radius 1 is 1.08 bits per heavy atom. The molecular formula is C17H25Cl2N3O2. The van der Waals surface area contributed by atoms with E-state index in [1.807, 2.05) is 0 Å². The molecule has 1 aliphatic rings. The van der Waals surface area contributed by atoms with Crippen molar-refractivity contribution in [1.29, 1.82) is 0 Å². The van der Waals surface area contributed by atoms with Crippen LogP contribution in [0.15, 0.2) is 24.3 Å². The van der Waals surface area contributed by atoms with Crippen molar-refractivity contribution in [3.05, 3.63) is 34.9 Å². The van der Waals surface area contributed by atoms with E-state index >= 15 is 0 Å². The summed E-state index contributed by atoms with van der Waals surface area (Å²) in [5.74, 6) is 0.347. The lowest BCUT2D eigenvalue weighted by molar-refractivity contribution is -0.134. The zero-order valence-electron chi connectivity index (χ0n) is 14.1. The van der Waals surface area contributed by atoms with Crippen molar-refractivity contribution < 1.29 is 9.59 Å². The Morgan fingerprint density at radius 2 is 1.58 bits per heavy atom. The van der Waals surface area contributed by atoms with E-state index < -0.39 is 6.04 Å². The Kier molecular flexibility index (Phi) is 8.00. The molecular weight excluding hydrogens is 349 g/mol. The number of nitrogens with zero attached hydrogens (tertiary/aromatic N) is 2. The molecule has 1 aromatic carbocycles. The molecule has 0 aliphatic carbocycles. The van der Waals surface area contributed by atoms with Gasteiger partial charge in [0.15, 0.2) is 0 Å². The molecule has 0 bridgehead atoms. The molecule has 1 aromatic rings. The second-order valence-corrected chi connectivity index (χ2v) is 6.80. The summed E-state index contributed by atoms with van der Waals surface area (Å²) in [7, 11) is 0. The van der Waals surface area contributed by atoms with E-state index in [0.29, 0.717) is 49.1 Å². The third kappa shape index (κ3) is 5.36. The predicted molar refractivity (Wildman–Crippen MR) is 98.6 cm³/mol. The van der Waals surface area contributed by atoms with Gasteiger partial charge in [0.05, 0.1) is 6.04 Å². The third-order valence-corrected chi connectivity index (χ3v) is 4.26. The highest BCUT2D eigenvalue weighted by atomic mass is 35.5. The molecule has 24 heavy (non-hydrogen) atoms. The summed E-state index contributed by atoms with van der Waals surface area (Å²) in [4.78, 5) is 28.2. The summed E-state index contributed by atoms with van der Waals surface area (Å²) < 4.78 is 0. The molecule has 2 N–H and O–H groups in total. The number of benzene rings is 1. The minimum Gasteiger partial charge on any atom is -0.338 e. The number of hydrogen-bond acceptors (Lipinski definition) is 3. The fourth-order valence-electron chi connectivity index (χ4n) is 2.75. The lowest BCUT2D eigenvalue weighted by atomic mass is 10.0. The second kappa shape index (κ2) is 9.25. The molecule has 2 rings (SSSR count). The van der Waals surface area contributed by atoms with Crippen molar-refractivity contribution >= 4 is 35.8 Å². The van der Waals surface area contributed by atoms with Gasteiger partial charge >= 0.3 is 0 Å². The fourth-order valence-corrected chi connectivity index (χ4v) is 2.87. The average molecular weight is 374 g/mol. The topological polar surface area (TPSA) is 66.6 Å². The number of carbonyl (C=O) groups is 2. The molecule has 1 saturated heterocycles. The Bertz CT molecular complexity index is 555. The standard InChI is InChI=1S/C17H24ClN3O2.ClH/c1-12(2)11-15(19)17(23)21-9-7-20(8-10-21)16(22)13-3-5-14(18)6-4-13;/h3-6,12,15H,7-11,19H2,1-2H3;1H/t15-;/m0./s1. The third-order valence-electron chi connectivity index (χ3n) is 4.01. The van der Waals surface area contributed by atoms with Gasteiger partial charge in [0.25, 0.3) is 5.91 Å². The highest BCUT2D eigenvalue weighted by Crippen LogP contribution is 2.14. The molecule has 134 valence electrons. The SMILES string of the molecule is CC(C)C[C@H](N)C(=O)N1CCN(C(=O)c2ccc(Cl)cc2)CC1.Cl. The van der Waals surface area contributed by atoms with Gasteiger partial charge in [-0.05, 0) is 36.6 Å². The Hall–Kier alpha value is -1.30. The molecule has 2 amide bonds. The van der Waals surface area contributed by atoms with Crippen molar-refractivity contribution in [2.45, 2.75) is 26.3 Å². The van der Waals surface area contributed by atoms with E-state index in [2.05, 4.69) is 13.8 Å². The lowest BCUT2D eigenvalue weighted by Crippen LogP contribution is -2.54. The number of nitrogens with two attached hydrogens (primary N) is 1. The van der Waals surface area contributed by atoms with Crippen LogP contribution in [-0.2, 0) is 4.79 Å². The smallest absolute Gasteiger partial charge is 0.253 e. The molecule has 1 atom stereocenters. The highest BCUT2D eigenvalue weighted by molar-refractivity contribution is 6.30. The summed E-state index contributed by atoms with van der Waals surface area (Å²) in [6, 6.07) is 6.41. The van der Waals surface area contributed by atoms with Crippen molar-refractivity contribution in [1.82, 2.24) is 9.80 Å². The molecule has 0 spiro atoms. The van der Waals surface area contributed by atoms with Gasteiger partial charge in [-0.2, -0.15) is 0 Å². The fraction of sp³-hybridized carbons (Fsp3) is 0.529. The van der Waals surface area contributed by atoms with Gasteiger partial charge in [-0.15, -0.1) is 12.4 Å². The Balaban J connectivity index is 0.00000288. The van der Waals surface area contributed by atoms with Gasteiger partial charge in [0, 0.05) is 36.8 Å². The van der Waals surface area contributed by atoms with Crippen LogP contribution in [0.3, 0.4) is 0 Å². The van der Waals surface area contributed by atoms with Crippen LogP contribution >= 0.6 is 24.0 Å². The zero-order chi connectivity index (χ0) is 17.0. The first kappa shape index (κ1) is 20.7. The van der Waals surface area contributed by atoms with Crippen molar-refractivity contribution in [3.8, 4) is 0 Å². The van der Waals surface area contributed by atoms with Crippen molar-refractivity contribution in [2.24, 2.45) is 11.7 Å². The van der Waals surface area contributed by atoms with Crippen LogP contribution in [0.25, 0.3) is 0 Å². The van der Waals surface area contributed by atoms with Crippen LogP contribution in [0.5, 0.6) is 0 Å². The largest absolute Gasteiger partial charge is 0.338 e. The number of carbonyl (C=O) groups excluding carboxylic acids is 2. The van der Waals surface area contributed by atoms with Gasteiger partial charge in [0.1, 0.15) is 0 Å². The summed E-state index contributed by atoms with van der Waals surface area (Å²) >= 11 is 5.84. The molecule has 0 saturated carbocycles. The summed E-state index contributed by atoms with van der Waals surface area (Å²) in [6.45, 7) is 6.23. The van der Waals surface area contributed by atoms with E-state index in [-0.39, 0.29) is 24.2 Å². The number of hydrogen-bond donors (Lipinski definition) is 1. The van der Waals surface area contributed by atoms with Crippen LogP contribution < -0.4 is 5.73 Å². The minimum atomic E-state index is -0.450. The molecule has 1 heterocycles. The summed E-state index contributed by atoms with van der Waals surface area (Å²) in [5, 5.41) is 0.608. The van der Waals surface area contributed by atoms with Crippen LogP contribution in [0, 0.1) is 5.92 Å². The lowest BCUT2D eigenvalue weighted by Gasteiger charge is -2.36. The molecule has 0 radical (unpaired) electrons. The Labute approximate surface area is 154 Å². The van der Waals surface area contributed by atoms with Gasteiger partial charge in [-0.25, -0.2) is 0 Å². The molecule has 5 nitrogen and oxygen atoms in total. The monoisotopic (exact) mass is 373 g/mol. The maximum Gasteiger partial charge on any atom is 0.253 e. The molecule has 1 fully saturated rings. The van der Waals surface area contributed by atoms with Gasteiger partial charge in [0.2, 0.25) is 5.91 Å². The van der Waals surface area contributed by atoms with Crippen molar-refractivity contribution in [2.75, 3.05) is 26.2 Å². The first-order chi connectivity index (χ1) is 10.9. The van der Waals surface area contributed by atoms with Gasteiger partial charge in [-0.1, -0.05) is 25.4 Å². The normalized spacial score (nSPS) is 15.9. The van der Waals surface area contributed by atoms with Crippen LogP contribution in [-0.4, -0.2) is 53.8 Å². The molecule has 1 aliphatic heterocycles. The zero-order valence-corrected chi connectivity index (χ0v) is 15.6. The Morgan fingerprint density at radius 3 is 2.08 bits per heavy atom. The van der Waals surface area contributed by atoms with Gasteiger partial charge < -0.3 is 15.5 Å². The summed E-state index contributed by atoms with van der Waals surface area (Å²) in [6.07, 6.45) is 0.683. The number of amides is 2. The van der Waals surface area contributed by atoms with E-state index in [9.17, 15) is 9.59 Å². The quantitative estimate of drug-likeness (QED) is 0.880. The van der Waals surface area contributed by atoms with Crippen molar-refractivity contribution in [3.63, 3.8) is 0 Å². The first-order valence-corrected chi connectivity index (χ1v) is 8.35. The van der Waals surface area contributed by atoms with Crippen LogP contribution in [0.1, 0.15) is 30.6 Å². The summed E-state index contributed by atoms with van der Waals surface area (Å²) in [5.41, 5.74) is 6.58. The van der Waals surface area contributed by atoms with Crippen LogP contribution in [0.4, 0.5) is 0 Å². The van der Waals surface area contributed by atoms with Gasteiger partial charge in [-0.3, -0.25) is 9.59 Å². The average Bonchev–Trinajstić information content (AvgIpc) is 2.53. The number of piperazine rings is 1. The van der Waals surface area contributed by atoms with E-state index in [4.69, 9.17) is 17.3 Å². The number of rotatable bonds is 4. The highest BCUT2D eigenvalue weighted by Gasteiger charge is 2.27. The molecule has 7 heteroatoms.